The van der Waals surface area contributed by atoms with Gasteiger partial charge in [0.25, 0.3) is 0 Å². The fourth-order valence-electron chi connectivity index (χ4n) is 4.47. The van der Waals surface area contributed by atoms with Gasteiger partial charge in [0.05, 0.1) is 6.54 Å². The molecule has 4 atom stereocenters. The molecule has 0 spiro atoms. The summed E-state index contributed by atoms with van der Waals surface area (Å²) >= 11 is 0. The van der Waals surface area contributed by atoms with Crippen molar-refractivity contribution in [1.82, 2.24) is 14.3 Å². The average molecular weight is 391 g/mol. The Kier molecular flexibility index (Phi) is 4.21. The molecule has 8 heteroatoms. The molecule has 0 N–H and O–H groups in total. The molecule has 1 fully saturated rings. The van der Waals surface area contributed by atoms with Crippen molar-refractivity contribution >= 4 is 5.97 Å². The highest BCUT2D eigenvalue weighted by molar-refractivity contribution is 5.76. The summed E-state index contributed by atoms with van der Waals surface area (Å²) in [4.78, 5) is 25.8. The molecule has 1 saturated heterocycles. The van der Waals surface area contributed by atoms with Crippen molar-refractivity contribution in [2.45, 2.75) is 58.2 Å². The summed E-state index contributed by atoms with van der Waals surface area (Å²) in [7, 11) is 0. The first-order valence-electron chi connectivity index (χ1n) is 9.46. The minimum Gasteiger partial charge on any atom is -0.458 e. The molecule has 4 rings (SSSR count). The van der Waals surface area contributed by atoms with E-state index in [1.165, 1.54) is 10.6 Å². The third kappa shape index (κ3) is 2.77. The molecular formula is C20H23F2N3O3. The number of halogens is 2. The zero-order valence-electron chi connectivity index (χ0n) is 16.3. The SMILES string of the molecule is CC1CC2C(C(=O)OC(C)(C)C2C)n2c1nn(Cc1ccc(F)cc1F)c2=O. The highest BCUT2D eigenvalue weighted by atomic mass is 19.1. The second kappa shape index (κ2) is 6.25. The maximum Gasteiger partial charge on any atom is 0.347 e. The highest BCUT2D eigenvalue weighted by Gasteiger charge is 2.52. The number of fused-ring (bicyclic) bond motifs is 3. The fourth-order valence-corrected chi connectivity index (χ4v) is 4.47. The van der Waals surface area contributed by atoms with Crippen molar-refractivity contribution in [3.05, 3.63) is 51.7 Å². The molecular weight excluding hydrogens is 368 g/mol. The standard InChI is InChI=1S/C20H23F2N3O3/c1-10-7-14-11(2)20(3,4)28-18(26)16(14)25-17(10)23-24(19(25)27)9-12-5-6-13(21)8-15(12)22/h5-6,8,10-11,14,16H,7,9H2,1-4H3. The first-order chi connectivity index (χ1) is 13.1. The Morgan fingerprint density at radius 2 is 1.96 bits per heavy atom. The molecule has 150 valence electrons. The van der Waals surface area contributed by atoms with Gasteiger partial charge in [0.1, 0.15) is 29.1 Å². The summed E-state index contributed by atoms with van der Waals surface area (Å²) in [5, 5.41) is 4.38. The number of benzene rings is 1. The van der Waals surface area contributed by atoms with Crippen LogP contribution in [0.25, 0.3) is 0 Å². The predicted octanol–water partition coefficient (Wildman–Crippen LogP) is 3.01. The maximum atomic E-state index is 14.0. The number of ether oxygens (including phenoxy) is 1. The van der Waals surface area contributed by atoms with Gasteiger partial charge >= 0.3 is 11.7 Å². The van der Waals surface area contributed by atoms with E-state index in [9.17, 15) is 18.4 Å². The topological polar surface area (TPSA) is 66.1 Å². The molecule has 1 aromatic carbocycles. The van der Waals surface area contributed by atoms with Crippen LogP contribution in [0.5, 0.6) is 0 Å². The summed E-state index contributed by atoms with van der Waals surface area (Å²) in [6.07, 6.45) is 0.714. The minimum atomic E-state index is -0.740. The van der Waals surface area contributed by atoms with Crippen molar-refractivity contribution < 1.29 is 18.3 Å². The Balaban J connectivity index is 1.77. The molecule has 0 saturated carbocycles. The second-order valence-electron chi connectivity index (χ2n) is 8.46. The third-order valence-electron chi connectivity index (χ3n) is 6.33. The lowest BCUT2D eigenvalue weighted by molar-refractivity contribution is -0.187. The molecule has 0 aliphatic carbocycles. The van der Waals surface area contributed by atoms with Crippen molar-refractivity contribution in [1.29, 1.82) is 0 Å². The number of hydrogen-bond acceptors (Lipinski definition) is 4. The van der Waals surface area contributed by atoms with E-state index in [-0.39, 0.29) is 29.9 Å². The fraction of sp³-hybridized carbons (Fsp3) is 0.550. The van der Waals surface area contributed by atoms with Crippen LogP contribution in [0.15, 0.2) is 23.0 Å². The molecule has 0 radical (unpaired) electrons. The number of carbonyl (C=O) groups excluding carboxylic acids is 1. The zero-order chi connectivity index (χ0) is 20.4. The normalized spacial score (nSPS) is 28.4. The molecule has 1 aromatic heterocycles. The third-order valence-corrected chi connectivity index (χ3v) is 6.33. The summed E-state index contributed by atoms with van der Waals surface area (Å²) in [6.45, 7) is 7.64. The number of hydrogen-bond donors (Lipinski definition) is 0. The van der Waals surface area contributed by atoms with Crippen molar-refractivity contribution in [3.63, 3.8) is 0 Å². The van der Waals surface area contributed by atoms with Crippen molar-refractivity contribution in [3.8, 4) is 0 Å². The number of cyclic esters (lactones) is 1. The largest absolute Gasteiger partial charge is 0.458 e. The molecule has 28 heavy (non-hydrogen) atoms. The molecule has 2 aliphatic heterocycles. The van der Waals surface area contributed by atoms with E-state index in [0.717, 1.165) is 16.8 Å². The van der Waals surface area contributed by atoms with E-state index < -0.39 is 34.9 Å². The monoisotopic (exact) mass is 391 g/mol. The van der Waals surface area contributed by atoms with Crippen molar-refractivity contribution in [2.24, 2.45) is 11.8 Å². The predicted molar refractivity (Wildman–Crippen MR) is 96.8 cm³/mol. The summed E-state index contributed by atoms with van der Waals surface area (Å²) in [6, 6.07) is 2.48. The first kappa shape index (κ1) is 18.8. The van der Waals surface area contributed by atoms with Gasteiger partial charge in [-0.1, -0.05) is 19.9 Å². The van der Waals surface area contributed by atoms with Crippen LogP contribution in [0.4, 0.5) is 8.78 Å². The van der Waals surface area contributed by atoms with Crippen LogP contribution in [0, 0.1) is 23.5 Å². The van der Waals surface area contributed by atoms with E-state index in [0.29, 0.717) is 12.2 Å². The van der Waals surface area contributed by atoms with Crippen molar-refractivity contribution in [2.75, 3.05) is 0 Å². The molecule has 0 amide bonds. The Hall–Kier alpha value is -2.51. The van der Waals surface area contributed by atoms with Gasteiger partial charge in [0.2, 0.25) is 0 Å². The number of nitrogens with zero attached hydrogens (tertiary/aromatic N) is 3. The second-order valence-corrected chi connectivity index (χ2v) is 8.46. The van der Waals surface area contributed by atoms with Gasteiger partial charge in [0, 0.05) is 23.5 Å². The number of carbonyl (C=O) groups is 1. The summed E-state index contributed by atoms with van der Waals surface area (Å²) in [5.41, 5.74) is -0.931. The van der Waals surface area contributed by atoms with Gasteiger partial charge in [-0.05, 0) is 32.3 Å². The quantitative estimate of drug-likeness (QED) is 0.738. The van der Waals surface area contributed by atoms with Crippen LogP contribution >= 0.6 is 0 Å². The highest BCUT2D eigenvalue weighted by Crippen LogP contribution is 2.48. The Morgan fingerprint density at radius 1 is 1.25 bits per heavy atom. The summed E-state index contributed by atoms with van der Waals surface area (Å²) in [5.74, 6) is -1.37. The van der Waals surface area contributed by atoms with E-state index in [1.54, 1.807) is 0 Å². The maximum absolute atomic E-state index is 14.0. The van der Waals surface area contributed by atoms with E-state index in [4.69, 9.17) is 4.74 Å². The van der Waals surface area contributed by atoms with Gasteiger partial charge in [-0.15, -0.1) is 0 Å². The Labute approximate surface area is 161 Å². The molecule has 6 nitrogen and oxygen atoms in total. The number of aromatic nitrogens is 3. The molecule has 4 unspecified atom stereocenters. The van der Waals surface area contributed by atoms with Gasteiger partial charge in [0.15, 0.2) is 0 Å². The van der Waals surface area contributed by atoms with Crippen LogP contribution in [0.2, 0.25) is 0 Å². The van der Waals surface area contributed by atoms with Crippen LogP contribution in [-0.2, 0) is 16.1 Å². The number of esters is 1. The molecule has 2 aromatic rings. The Morgan fingerprint density at radius 3 is 2.64 bits per heavy atom. The number of rotatable bonds is 2. The van der Waals surface area contributed by atoms with Gasteiger partial charge < -0.3 is 4.74 Å². The molecule has 2 aliphatic rings. The van der Waals surface area contributed by atoms with Gasteiger partial charge in [-0.2, -0.15) is 5.10 Å². The minimum absolute atomic E-state index is 0.0302. The average Bonchev–Trinajstić information content (AvgIpc) is 2.92. The van der Waals surface area contributed by atoms with Crippen LogP contribution in [0.1, 0.15) is 57.5 Å². The van der Waals surface area contributed by atoms with E-state index >= 15 is 0 Å². The van der Waals surface area contributed by atoms with Gasteiger partial charge in [-0.25, -0.2) is 23.1 Å². The lowest BCUT2D eigenvalue weighted by Gasteiger charge is -2.48. The zero-order valence-corrected chi connectivity index (χ0v) is 16.3. The van der Waals surface area contributed by atoms with Crippen LogP contribution < -0.4 is 5.69 Å². The van der Waals surface area contributed by atoms with Crippen LogP contribution in [-0.4, -0.2) is 25.9 Å². The lowest BCUT2D eigenvalue weighted by atomic mass is 9.70. The van der Waals surface area contributed by atoms with E-state index in [2.05, 4.69) is 5.10 Å². The van der Waals surface area contributed by atoms with Crippen LogP contribution in [0.3, 0.4) is 0 Å². The smallest absolute Gasteiger partial charge is 0.347 e. The first-order valence-corrected chi connectivity index (χ1v) is 9.46. The Bertz CT molecular complexity index is 1010. The summed E-state index contributed by atoms with van der Waals surface area (Å²) < 4.78 is 35.4. The molecule has 3 heterocycles. The lowest BCUT2D eigenvalue weighted by Crippen LogP contribution is -2.54. The molecule has 0 bridgehead atoms. The van der Waals surface area contributed by atoms with E-state index in [1.807, 2.05) is 27.7 Å². The van der Waals surface area contributed by atoms with Gasteiger partial charge in [-0.3, -0.25) is 4.57 Å².